The van der Waals surface area contributed by atoms with E-state index in [-0.39, 0.29) is 18.4 Å². The first-order chi connectivity index (χ1) is 12.6. The lowest BCUT2D eigenvalue weighted by Gasteiger charge is -2.20. The normalized spacial score (nSPS) is 13.6. The summed E-state index contributed by atoms with van der Waals surface area (Å²) in [6, 6.07) is 12.8. The maximum Gasteiger partial charge on any atom is 0.262 e. The van der Waals surface area contributed by atoms with Gasteiger partial charge in [0.25, 0.3) is 5.91 Å². The number of nitrogens with one attached hydrogen (secondary N) is 1. The molecule has 3 rings (SSSR count). The number of amides is 2. The number of rotatable bonds is 6. The lowest BCUT2D eigenvalue weighted by atomic mass is 10.2. The summed E-state index contributed by atoms with van der Waals surface area (Å²) in [5, 5.41) is 2.80. The monoisotopic (exact) mass is 354 g/mol. The van der Waals surface area contributed by atoms with Gasteiger partial charge in [-0.1, -0.05) is 12.1 Å². The van der Waals surface area contributed by atoms with Crippen molar-refractivity contribution < 1.29 is 19.1 Å². The molecule has 2 amide bonds. The number of methoxy groups -OCH3 is 1. The molecule has 6 nitrogen and oxygen atoms in total. The number of hydrogen-bond acceptors (Lipinski definition) is 4. The molecule has 1 N–H and O–H groups in total. The first kappa shape index (κ1) is 17.8. The maximum atomic E-state index is 12.2. The maximum absolute atomic E-state index is 12.2. The van der Waals surface area contributed by atoms with Crippen LogP contribution in [0.25, 0.3) is 0 Å². The van der Waals surface area contributed by atoms with Crippen LogP contribution in [0, 0.1) is 6.92 Å². The molecule has 0 aromatic heterocycles. The molecule has 0 bridgehead atoms. The third kappa shape index (κ3) is 4.14. The van der Waals surface area contributed by atoms with E-state index in [1.165, 1.54) is 0 Å². The lowest BCUT2D eigenvalue weighted by Crippen LogP contribution is -2.25. The molecule has 0 atom stereocenters. The van der Waals surface area contributed by atoms with Crippen molar-refractivity contribution in [1.82, 2.24) is 0 Å². The summed E-state index contributed by atoms with van der Waals surface area (Å²) in [6.45, 7) is 2.53. The highest BCUT2D eigenvalue weighted by atomic mass is 16.5. The number of ether oxygens (including phenoxy) is 2. The smallest absolute Gasteiger partial charge is 0.262 e. The molecule has 1 aliphatic rings. The van der Waals surface area contributed by atoms with Crippen molar-refractivity contribution in [3.63, 3.8) is 0 Å². The molecule has 1 fully saturated rings. The van der Waals surface area contributed by atoms with E-state index in [4.69, 9.17) is 9.47 Å². The number of anilines is 2. The Kier molecular flexibility index (Phi) is 5.41. The quantitative estimate of drug-likeness (QED) is 0.865. The summed E-state index contributed by atoms with van der Waals surface area (Å²) >= 11 is 0. The molecular weight excluding hydrogens is 332 g/mol. The number of carbonyl (C=O) groups excluding carboxylic acids is 2. The minimum Gasteiger partial charge on any atom is -0.495 e. The van der Waals surface area contributed by atoms with Gasteiger partial charge in [-0.25, -0.2) is 0 Å². The minimum absolute atomic E-state index is 0.0644. The second kappa shape index (κ2) is 7.91. The lowest BCUT2D eigenvalue weighted by molar-refractivity contribution is -0.118. The predicted molar refractivity (Wildman–Crippen MR) is 99.9 cm³/mol. The Bertz CT molecular complexity index is 819. The van der Waals surface area contributed by atoms with E-state index < -0.39 is 0 Å². The van der Waals surface area contributed by atoms with Crippen molar-refractivity contribution in [2.75, 3.05) is 30.5 Å². The second-order valence-corrected chi connectivity index (χ2v) is 6.19. The molecule has 1 saturated heterocycles. The number of aryl methyl sites for hydroxylation is 1. The molecule has 0 aliphatic carbocycles. The molecule has 6 heteroatoms. The van der Waals surface area contributed by atoms with Gasteiger partial charge in [-0.3, -0.25) is 9.59 Å². The van der Waals surface area contributed by atoms with E-state index in [9.17, 15) is 9.59 Å². The van der Waals surface area contributed by atoms with Crippen molar-refractivity contribution in [1.29, 1.82) is 0 Å². The average Bonchev–Trinajstić information content (AvgIpc) is 3.06. The van der Waals surface area contributed by atoms with Gasteiger partial charge in [0.15, 0.2) is 6.61 Å². The molecule has 136 valence electrons. The summed E-state index contributed by atoms with van der Waals surface area (Å²) in [6.07, 6.45) is 1.35. The fourth-order valence-corrected chi connectivity index (χ4v) is 2.93. The van der Waals surface area contributed by atoms with Crippen LogP contribution in [0.3, 0.4) is 0 Å². The minimum atomic E-state index is -0.268. The topological polar surface area (TPSA) is 67.9 Å². The average molecular weight is 354 g/mol. The summed E-state index contributed by atoms with van der Waals surface area (Å²) in [5.41, 5.74) is 2.34. The SMILES string of the molecule is COc1ccc(NC(=O)COc2cccc(C)c2)cc1N1CCCC1=O. The largest absolute Gasteiger partial charge is 0.495 e. The van der Waals surface area contributed by atoms with E-state index in [1.807, 2.05) is 31.2 Å². The van der Waals surface area contributed by atoms with Gasteiger partial charge in [-0.15, -0.1) is 0 Å². The first-order valence-corrected chi connectivity index (χ1v) is 8.54. The Morgan fingerprint density at radius 3 is 2.77 bits per heavy atom. The molecule has 0 unspecified atom stereocenters. The molecule has 0 radical (unpaired) electrons. The van der Waals surface area contributed by atoms with Crippen LogP contribution >= 0.6 is 0 Å². The van der Waals surface area contributed by atoms with Crippen LogP contribution in [0.15, 0.2) is 42.5 Å². The van der Waals surface area contributed by atoms with Crippen molar-refractivity contribution in [2.24, 2.45) is 0 Å². The summed E-state index contributed by atoms with van der Waals surface area (Å²) in [5.74, 6) is 1.05. The standard InChI is InChI=1S/C20H22N2O4/c1-14-5-3-6-16(11-14)26-13-19(23)21-15-8-9-18(25-2)17(12-15)22-10-4-7-20(22)24/h3,5-6,8-9,11-12H,4,7,10,13H2,1-2H3,(H,21,23). The van der Waals surface area contributed by atoms with Gasteiger partial charge in [-0.05, 0) is 49.2 Å². The number of nitrogens with zero attached hydrogens (tertiary/aromatic N) is 1. The van der Waals surface area contributed by atoms with E-state index >= 15 is 0 Å². The van der Waals surface area contributed by atoms with E-state index in [0.29, 0.717) is 35.8 Å². The number of hydrogen-bond donors (Lipinski definition) is 1. The molecule has 1 heterocycles. The molecule has 26 heavy (non-hydrogen) atoms. The van der Waals surface area contributed by atoms with Gasteiger partial charge in [0.05, 0.1) is 12.8 Å². The molecule has 1 aliphatic heterocycles. The summed E-state index contributed by atoms with van der Waals surface area (Å²) < 4.78 is 10.9. The summed E-state index contributed by atoms with van der Waals surface area (Å²) in [7, 11) is 1.56. The van der Waals surface area contributed by atoms with Crippen LogP contribution in [0.5, 0.6) is 11.5 Å². The highest BCUT2D eigenvalue weighted by Crippen LogP contribution is 2.34. The Hall–Kier alpha value is -3.02. The number of carbonyl (C=O) groups is 2. The fourth-order valence-electron chi connectivity index (χ4n) is 2.93. The van der Waals surface area contributed by atoms with Crippen molar-refractivity contribution >= 4 is 23.2 Å². The van der Waals surface area contributed by atoms with Gasteiger partial charge in [-0.2, -0.15) is 0 Å². The Morgan fingerprint density at radius 2 is 2.08 bits per heavy atom. The van der Waals surface area contributed by atoms with Gasteiger partial charge in [0, 0.05) is 18.7 Å². The fraction of sp³-hybridized carbons (Fsp3) is 0.300. The third-order valence-electron chi connectivity index (χ3n) is 4.19. The van der Waals surface area contributed by atoms with Crippen LogP contribution in [-0.4, -0.2) is 32.1 Å². The highest BCUT2D eigenvalue weighted by Gasteiger charge is 2.24. The van der Waals surface area contributed by atoms with Gasteiger partial charge in [0.1, 0.15) is 11.5 Å². The Morgan fingerprint density at radius 1 is 1.23 bits per heavy atom. The van der Waals surface area contributed by atoms with Crippen LogP contribution in [-0.2, 0) is 9.59 Å². The molecule has 0 spiro atoms. The zero-order chi connectivity index (χ0) is 18.5. The van der Waals surface area contributed by atoms with E-state index in [0.717, 1.165) is 12.0 Å². The second-order valence-electron chi connectivity index (χ2n) is 6.19. The van der Waals surface area contributed by atoms with Gasteiger partial charge < -0.3 is 19.7 Å². The van der Waals surface area contributed by atoms with E-state index in [1.54, 1.807) is 30.2 Å². The molecule has 2 aromatic carbocycles. The molecule has 0 saturated carbocycles. The Balaban J connectivity index is 1.67. The van der Waals surface area contributed by atoms with Crippen LogP contribution in [0.4, 0.5) is 11.4 Å². The van der Waals surface area contributed by atoms with E-state index in [2.05, 4.69) is 5.32 Å². The zero-order valence-electron chi connectivity index (χ0n) is 15.0. The van der Waals surface area contributed by atoms with Gasteiger partial charge >= 0.3 is 0 Å². The first-order valence-electron chi connectivity index (χ1n) is 8.54. The van der Waals surface area contributed by atoms with Crippen molar-refractivity contribution in [3.05, 3.63) is 48.0 Å². The van der Waals surface area contributed by atoms with Crippen molar-refractivity contribution in [2.45, 2.75) is 19.8 Å². The number of benzene rings is 2. The van der Waals surface area contributed by atoms with Crippen LogP contribution in [0.2, 0.25) is 0 Å². The summed E-state index contributed by atoms with van der Waals surface area (Å²) in [4.78, 5) is 25.9. The molecule has 2 aromatic rings. The third-order valence-corrected chi connectivity index (χ3v) is 4.19. The Labute approximate surface area is 152 Å². The highest BCUT2D eigenvalue weighted by molar-refractivity contribution is 5.98. The van der Waals surface area contributed by atoms with Crippen LogP contribution in [0.1, 0.15) is 18.4 Å². The zero-order valence-corrected chi connectivity index (χ0v) is 15.0. The van der Waals surface area contributed by atoms with Crippen LogP contribution < -0.4 is 19.7 Å². The van der Waals surface area contributed by atoms with Crippen molar-refractivity contribution in [3.8, 4) is 11.5 Å². The predicted octanol–water partition coefficient (Wildman–Crippen LogP) is 3.15. The van der Waals surface area contributed by atoms with Gasteiger partial charge in [0.2, 0.25) is 5.91 Å². The molecular formula is C20H22N2O4.